The maximum atomic E-state index is 11.1. The Morgan fingerprint density at radius 3 is 2.83 bits per heavy atom. The Labute approximate surface area is 139 Å². The summed E-state index contributed by atoms with van der Waals surface area (Å²) in [5.41, 5.74) is 1.20. The van der Waals surface area contributed by atoms with Crippen LogP contribution in [-0.2, 0) is 0 Å². The molecule has 0 aromatic carbocycles. The Morgan fingerprint density at radius 1 is 1.25 bits per heavy atom. The molecule has 126 valence electrons. The molecule has 0 radical (unpaired) electrons. The topological polar surface area (TPSA) is 94.0 Å². The second kappa shape index (κ2) is 6.56. The Balaban J connectivity index is 1.48. The fourth-order valence-corrected chi connectivity index (χ4v) is 2.76. The number of hydrogen-bond donors (Lipinski definition) is 2. The fourth-order valence-electron chi connectivity index (χ4n) is 2.76. The lowest BCUT2D eigenvalue weighted by molar-refractivity contribution is 0.111. The first-order valence-corrected chi connectivity index (χ1v) is 8.32. The van der Waals surface area contributed by atoms with E-state index in [-0.39, 0.29) is 6.10 Å². The van der Waals surface area contributed by atoms with E-state index in [0.29, 0.717) is 23.4 Å². The van der Waals surface area contributed by atoms with Crippen molar-refractivity contribution in [2.75, 3.05) is 18.4 Å². The standard InChI is InChI=1S/C16H20N6O2/c23-10-11-7-18-16(21-15(11)24-14-1-2-14)20-12-8-19-22(9-12)13-3-5-17-6-4-13/h7-10,13-14,17H,1-6H2,(H,18,20,21). The molecule has 1 aliphatic heterocycles. The minimum absolute atomic E-state index is 0.175. The Kier molecular flexibility index (Phi) is 4.12. The van der Waals surface area contributed by atoms with Gasteiger partial charge in [0, 0.05) is 12.4 Å². The summed E-state index contributed by atoms with van der Waals surface area (Å²) in [6, 6.07) is 0.425. The first kappa shape index (κ1) is 15.1. The molecule has 1 saturated carbocycles. The number of anilines is 2. The molecule has 2 aromatic rings. The van der Waals surface area contributed by atoms with Crippen LogP contribution < -0.4 is 15.4 Å². The molecular weight excluding hydrogens is 308 g/mol. The molecule has 0 bridgehead atoms. The number of carbonyl (C=O) groups is 1. The molecule has 0 amide bonds. The monoisotopic (exact) mass is 328 g/mol. The molecule has 8 nitrogen and oxygen atoms in total. The quantitative estimate of drug-likeness (QED) is 0.779. The normalized spacial score (nSPS) is 18.3. The van der Waals surface area contributed by atoms with E-state index in [1.54, 1.807) is 6.20 Å². The van der Waals surface area contributed by atoms with Crippen LogP contribution in [0.4, 0.5) is 11.6 Å². The van der Waals surface area contributed by atoms with Gasteiger partial charge in [-0.3, -0.25) is 9.48 Å². The van der Waals surface area contributed by atoms with Crippen LogP contribution in [0, 0.1) is 0 Å². The lowest BCUT2D eigenvalue weighted by Crippen LogP contribution is -2.29. The molecule has 2 N–H and O–H groups in total. The van der Waals surface area contributed by atoms with Crippen LogP contribution in [0.15, 0.2) is 18.6 Å². The highest BCUT2D eigenvalue weighted by Gasteiger charge is 2.25. The number of carbonyl (C=O) groups excluding carboxylic acids is 1. The Bertz CT molecular complexity index is 721. The smallest absolute Gasteiger partial charge is 0.230 e. The van der Waals surface area contributed by atoms with Crippen molar-refractivity contribution in [1.82, 2.24) is 25.1 Å². The van der Waals surface area contributed by atoms with Crippen LogP contribution in [0.1, 0.15) is 42.1 Å². The van der Waals surface area contributed by atoms with Crippen molar-refractivity contribution in [2.45, 2.75) is 37.8 Å². The van der Waals surface area contributed by atoms with Crippen molar-refractivity contribution < 1.29 is 9.53 Å². The van der Waals surface area contributed by atoms with Gasteiger partial charge in [0.15, 0.2) is 6.29 Å². The molecular formula is C16H20N6O2. The predicted molar refractivity (Wildman–Crippen MR) is 87.7 cm³/mol. The molecule has 3 heterocycles. The van der Waals surface area contributed by atoms with Gasteiger partial charge in [0.25, 0.3) is 0 Å². The third kappa shape index (κ3) is 3.38. The zero-order chi connectivity index (χ0) is 16.4. The number of aldehydes is 1. The SMILES string of the molecule is O=Cc1cnc(Nc2cnn(C3CCNCC3)c2)nc1OC1CC1. The van der Waals surface area contributed by atoms with Crippen LogP contribution in [0.25, 0.3) is 0 Å². The van der Waals surface area contributed by atoms with Gasteiger partial charge < -0.3 is 15.4 Å². The van der Waals surface area contributed by atoms with Gasteiger partial charge in [-0.1, -0.05) is 0 Å². The van der Waals surface area contributed by atoms with Gasteiger partial charge in [0.05, 0.1) is 23.5 Å². The second-order valence-electron chi connectivity index (χ2n) is 6.20. The van der Waals surface area contributed by atoms with Gasteiger partial charge in [-0.2, -0.15) is 10.1 Å². The summed E-state index contributed by atoms with van der Waals surface area (Å²) in [5.74, 6) is 0.747. The Morgan fingerprint density at radius 2 is 2.08 bits per heavy atom. The van der Waals surface area contributed by atoms with E-state index in [2.05, 4.69) is 25.7 Å². The van der Waals surface area contributed by atoms with E-state index >= 15 is 0 Å². The minimum atomic E-state index is 0.175. The van der Waals surface area contributed by atoms with E-state index in [1.807, 2.05) is 10.9 Å². The summed E-state index contributed by atoms with van der Waals surface area (Å²) in [5, 5.41) is 10.9. The highest BCUT2D eigenvalue weighted by Crippen LogP contribution is 2.28. The summed E-state index contributed by atoms with van der Waals surface area (Å²) >= 11 is 0. The molecule has 2 fully saturated rings. The highest BCUT2D eigenvalue weighted by molar-refractivity contribution is 5.78. The molecule has 0 unspecified atom stereocenters. The zero-order valence-corrected chi connectivity index (χ0v) is 13.3. The average molecular weight is 328 g/mol. The number of ether oxygens (including phenoxy) is 1. The van der Waals surface area contributed by atoms with E-state index in [4.69, 9.17) is 4.74 Å². The molecule has 2 aromatic heterocycles. The van der Waals surface area contributed by atoms with Crippen molar-refractivity contribution in [2.24, 2.45) is 0 Å². The van der Waals surface area contributed by atoms with Crippen LogP contribution in [0.5, 0.6) is 5.88 Å². The van der Waals surface area contributed by atoms with Crippen LogP contribution in [0.3, 0.4) is 0 Å². The van der Waals surface area contributed by atoms with E-state index < -0.39 is 0 Å². The number of hydrogen-bond acceptors (Lipinski definition) is 7. The summed E-state index contributed by atoms with van der Waals surface area (Å²) < 4.78 is 7.67. The lowest BCUT2D eigenvalue weighted by atomic mass is 10.1. The van der Waals surface area contributed by atoms with Crippen molar-refractivity contribution >= 4 is 17.9 Å². The molecule has 1 aliphatic carbocycles. The third-order valence-corrected chi connectivity index (χ3v) is 4.25. The van der Waals surface area contributed by atoms with E-state index in [1.165, 1.54) is 6.20 Å². The highest BCUT2D eigenvalue weighted by atomic mass is 16.5. The van der Waals surface area contributed by atoms with Gasteiger partial charge in [-0.15, -0.1) is 0 Å². The molecule has 2 aliphatic rings. The largest absolute Gasteiger partial charge is 0.474 e. The van der Waals surface area contributed by atoms with Crippen molar-refractivity contribution in [3.63, 3.8) is 0 Å². The summed E-state index contributed by atoms with van der Waals surface area (Å²) in [6.07, 6.45) is 10.3. The average Bonchev–Trinajstić information content (AvgIpc) is 3.31. The minimum Gasteiger partial charge on any atom is -0.474 e. The van der Waals surface area contributed by atoms with E-state index in [0.717, 1.165) is 50.7 Å². The molecule has 24 heavy (non-hydrogen) atoms. The van der Waals surface area contributed by atoms with Crippen LogP contribution >= 0.6 is 0 Å². The van der Waals surface area contributed by atoms with E-state index in [9.17, 15) is 4.79 Å². The molecule has 4 rings (SSSR count). The van der Waals surface area contributed by atoms with Crippen molar-refractivity contribution in [3.8, 4) is 5.88 Å². The zero-order valence-electron chi connectivity index (χ0n) is 13.3. The van der Waals surface area contributed by atoms with Gasteiger partial charge >= 0.3 is 0 Å². The Hall–Kier alpha value is -2.48. The predicted octanol–water partition coefficient (Wildman–Crippen LogP) is 1.69. The number of nitrogens with one attached hydrogen (secondary N) is 2. The number of rotatable bonds is 6. The molecule has 1 saturated heterocycles. The molecule has 0 atom stereocenters. The van der Waals surface area contributed by atoms with Crippen molar-refractivity contribution in [3.05, 3.63) is 24.2 Å². The summed E-state index contributed by atoms with van der Waals surface area (Å²) in [4.78, 5) is 19.6. The van der Waals surface area contributed by atoms with Crippen LogP contribution in [0.2, 0.25) is 0 Å². The molecule has 8 heteroatoms. The number of piperidine rings is 1. The second-order valence-corrected chi connectivity index (χ2v) is 6.20. The van der Waals surface area contributed by atoms with Gasteiger partial charge in [0.2, 0.25) is 11.8 Å². The third-order valence-electron chi connectivity index (χ3n) is 4.25. The van der Waals surface area contributed by atoms with Gasteiger partial charge in [-0.05, 0) is 38.8 Å². The van der Waals surface area contributed by atoms with Crippen LogP contribution in [-0.4, -0.2) is 45.2 Å². The first-order valence-electron chi connectivity index (χ1n) is 8.32. The summed E-state index contributed by atoms with van der Waals surface area (Å²) in [7, 11) is 0. The number of nitrogens with zero attached hydrogens (tertiary/aromatic N) is 4. The maximum absolute atomic E-state index is 11.1. The van der Waals surface area contributed by atoms with Crippen molar-refractivity contribution in [1.29, 1.82) is 0 Å². The molecule has 0 spiro atoms. The maximum Gasteiger partial charge on any atom is 0.230 e. The fraction of sp³-hybridized carbons (Fsp3) is 0.500. The lowest BCUT2D eigenvalue weighted by Gasteiger charge is -2.22. The first-order chi connectivity index (χ1) is 11.8. The van der Waals surface area contributed by atoms with Gasteiger partial charge in [0.1, 0.15) is 6.10 Å². The summed E-state index contributed by atoms with van der Waals surface area (Å²) in [6.45, 7) is 2.04. The van der Waals surface area contributed by atoms with Gasteiger partial charge in [-0.25, -0.2) is 4.98 Å². The number of aromatic nitrogens is 4.